The van der Waals surface area contributed by atoms with Crippen LogP contribution < -0.4 is 0 Å². The zero-order chi connectivity index (χ0) is 79.4. The van der Waals surface area contributed by atoms with Crippen molar-refractivity contribution in [3.63, 3.8) is 0 Å². The molecule has 0 aliphatic heterocycles. The van der Waals surface area contributed by atoms with Crippen LogP contribution in [0, 0.1) is 0 Å². The molecule has 0 aliphatic carbocycles. The number of esters is 3. The molecule has 0 bridgehead atoms. The van der Waals surface area contributed by atoms with E-state index >= 15 is 0 Å². The lowest BCUT2D eigenvalue weighted by molar-refractivity contribution is -0.161. The molecule has 0 fully saturated rings. The Hall–Kier alpha value is -4.31. The summed E-state index contributed by atoms with van der Waals surface area (Å²) in [4.78, 5) is 58.7. The number of carbonyl (C=O) groups excluding carboxylic acids is 3. The second-order valence-electron chi connectivity index (χ2n) is 28.9. The third kappa shape index (κ3) is 84.4. The minimum absolute atomic E-state index is 0.0937. The molecule has 16 nitrogen and oxygen atoms in total. The summed E-state index contributed by atoms with van der Waals surface area (Å²) in [5, 5.41) is 20.7. The topological polar surface area (TPSA) is 231 Å². The molecule has 0 heterocycles. The van der Waals surface area contributed by atoms with Gasteiger partial charge in [0.2, 0.25) is 0 Å². The lowest BCUT2D eigenvalue weighted by Crippen LogP contribution is -2.30. The fourth-order valence-corrected chi connectivity index (χ4v) is 13.4. The van der Waals surface area contributed by atoms with Gasteiger partial charge in [-0.25, -0.2) is 9.13 Å². The van der Waals surface area contributed by atoms with E-state index in [-0.39, 0.29) is 19.3 Å². The summed E-state index contributed by atoms with van der Waals surface area (Å²) in [5.74, 6) is -1.58. The van der Waals surface area contributed by atoms with Gasteiger partial charge in [-0.1, -0.05) is 353 Å². The summed E-state index contributed by atoms with van der Waals surface area (Å²) in [6.45, 7) is 2.44. The van der Waals surface area contributed by atoms with Crippen molar-refractivity contribution in [1.82, 2.24) is 0 Å². The van der Waals surface area contributed by atoms with Crippen molar-refractivity contribution in [2.75, 3.05) is 39.6 Å². The van der Waals surface area contributed by atoms with Gasteiger partial charge in [0.05, 0.1) is 26.4 Å². The first-order valence-corrected chi connectivity index (χ1v) is 46.5. The second kappa shape index (κ2) is 83.1. The summed E-state index contributed by atoms with van der Waals surface area (Å²) in [7, 11) is -9.79. The van der Waals surface area contributed by atoms with Crippen LogP contribution in [0.15, 0.2) is 134 Å². The lowest BCUT2D eigenvalue weighted by Gasteiger charge is -2.21. The maximum atomic E-state index is 12.9. The van der Waals surface area contributed by atoms with Crippen molar-refractivity contribution in [3.8, 4) is 0 Å². The van der Waals surface area contributed by atoms with Gasteiger partial charge >= 0.3 is 33.6 Å². The van der Waals surface area contributed by atoms with Gasteiger partial charge in [-0.05, 0) is 128 Å². The molecule has 0 aromatic heterocycles. The number of aliphatic hydroxyl groups excluding tert-OH is 2. The molecule has 109 heavy (non-hydrogen) atoms. The molecular weight excluding hydrogens is 1410 g/mol. The Balaban J connectivity index is 4.35. The number of hydrogen-bond acceptors (Lipinski definition) is 14. The summed E-state index contributed by atoms with van der Waals surface area (Å²) in [6.07, 6.45) is 102. The number of phosphoric acid groups is 2. The predicted molar refractivity (Wildman–Crippen MR) is 454 cm³/mol. The molecule has 0 aliphatic rings. The SMILES string of the molecule is CC/C=C\C/C=C\C/C=C\C/C=C\C/C=C\CCCCCCCCCCCCCCCCCCCC(=O)OCC(O)COP(=O)(O)OCC(O)COP(=O)(O)OCC(COC(=O)CCCCCCCCCCCCCCC/C=C\C/C=C\C/C=C\C/C=C\C/C=C\CC)OC(=O)CCCCCCC/C=C\CCCC. The number of allylic oxidation sites excluding steroid dienone is 22. The first-order valence-electron chi connectivity index (χ1n) is 43.5. The number of aliphatic hydroxyl groups is 2. The van der Waals surface area contributed by atoms with Gasteiger partial charge in [-0.2, -0.15) is 0 Å². The van der Waals surface area contributed by atoms with Crippen molar-refractivity contribution in [3.05, 3.63) is 134 Å². The highest BCUT2D eigenvalue weighted by Gasteiger charge is 2.29. The van der Waals surface area contributed by atoms with E-state index in [0.717, 1.165) is 154 Å². The van der Waals surface area contributed by atoms with Crippen molar-refractivity contribution in [2.24, 2.45) is 0 Å². The van der Waals surface area contributed by atoms with Crippen molar-refractivity contribution in [2.45, 2.75) is 386 Å². The molecule has 0 radical (unpaired) electrons. The smallest absolute Gasteiger partial charge is 0.463 e. The molecule has 5 atom stereocenters. The quantitative estimate of drug-likeness (QED) is 0.0146. The third-order valence-corrected chi connectivity index (χ3v) is 20.2. The highest BCUT2D eigenvalue weighted by atomic mass is 31.2. The van der Waals surface area contributed by atoms with Crippen LogP contribution in [0.2, 0.25) is 0 Å². The lowest BCUT2D eigenvalue weighted by atomic mass is 10.0. The van der Waals surface area contributed by atoms with Gasteiger partial charge in [-0.3, -0.25) is 32.5 Å². The predicted octanol–water partition coefficient (Wildman–Crippen LogP) is 26.2. The highest BCUT2D eigenvalue weighted by molar-refractivity contribution is 7.47. The second-order valence-corrected chi connectivity index (χ2v) is 31.8. The summed E-state index contributed by atoms with van der Waals surface area (Å²) in [5.41, 5.74) is 0. The summed E-state index contributed by atoms with van der Waals surface area (Å²) < 4.78 is 61.2. The van der Waals surface area contributed by atoms with E-state index in [9.17, 15) is 43.5 Å². The molecule has 0 aromatic carbocycles. The molecule has 0 spiro atoms. The Kier molecular flexibility index (Phi) is 79.8. The molecule has 18 heteroatoms. The first-order chi connectivity index (χ1) is 53.2. The zero-order valence-corrected chi connectivity index (χ0v) is 70.7. The average Bonchev–Trinajstić information content (AvgIpc) is 0.836. The normalized spacial score (nSPS) is 14.5. The Morgan fingerprint density at radius 1 is 0.266 bits per heavy atom. The van der Waals surface area contributed by atoms with E-state index in [4.69, 9.17) is 32.3 Å². The number of hydrogen-bond donors (Lipinski definition) is 4. The molecule has 0 aromatic rings. The molecule has 628 valence electrons. The monoisotopic (exact) mass is 1570 g/mol. The van der Waals surface area contributed by atoms with E-state index in [1.807, 2.05) is 0 Å². The van der Waals surface area contributed by atoms with Gasteiger partial charge in [0, 0.05) is 19.3 Å². The Bertz CT molecular complexity index is 2510. The zero-order valence-electron chi connectivity index (χ0n) is 68.9. The van der Waals surface area contributed by atoms with Crippen LogP contribution in [-0.4, -0.2) is 95.9 Å². The molecule has 0 saturated carbocycles. The van der Waals surface area contributed by atoms with Gasteiger partial charge in [0.25, 0.3) is 0 Å². The van der Waals surface area contributed by atoms with Crippen molar-refractivity contribution in [1.29, 1.82) is 0 Å². The fraction of sp³-hybridized carbons (Fsp3) is 0.725. The Morgan fingerprint density at radius 2 is 0.486 bits per heavy atom. The third-order valence-electron chi connectivity index (χ3n) is 18.3. The minimum atomic E-state index is -4.93. The van der Waals surface area contributed by atoms with Gasteiger partial charge in [0.15, 0.2) is 6.10 Å². The van der Waals surface area contributed by atoms with Crippen molar-refractivity contribution < 1.29 is 75.8 Å². The number of rotatable bonds is 82. The van der Waals surface area contributed by atoms with Crippen LogP contribution in [0.4, 0.5) is 0 Å². The molecule has 0 saturated heterocycles. The molecule has 0 rings (SSSR count). The van der Waals surface area contributed by atoms with E-state index in [2.05, 4.69) is 154 Å². The van der Waals surface area contributed by atoms with Crippen LogP contribution in [0.25, 0.3) is 0 Å². The minimum Gasteiger partial charge on any atom is -0.463 e. The number of unbranched alkanes of at least 4 members (excludes halogenated alkanes) is 37. The van der Waals surface area contributed by atoms with Crippen LogP contribution in [0.1, 0.15) is 367 Å². The van der Waals surface area contributed by atoms with E-state index in [1.165, 1.54) is 154 Å². The maximum absolute atomic E-state index is 12.9. The van der Waals surface area contributed by atoms with Gasteiger partial charge in [-0.15, -0.1) is 0 Å². The Labute approximate surface area is 665 Å². The van der Waals surface area contributed by atoms with E-state index in [1.54, 1.807) is 0 Å². The van der Waals surface area contributed by atoms with E-state index < -0.39 is 91.5 Å². The maximum Gasteiger partial charge on any atom is 0.472 e. The summed E-state index contributed by atoms with van der Waals surface area (Å²) in [6, 6.07) is 0. The molecule has 4 N–H and O–H groups in total. The summed E-state index contributed by atoms with van der Waals surface area (Å²) >= 11 is 0. The average molecular weight is 1570 g/mol. The van der Waals surface area contributed by atoms with Crippen LogP contribution in [0.3, 0.4) is 0 Å². The number of phosphoric ester groups is 2. The van der Waals surface area contributed by atoms with E-state index in [0.29, 0.717) is 19.3 Å². The van der Waals surface area contributed by atoms with Crippen LogP contribution in [-0.2, 0) is 55.8 Å². The largest absolute Gasteiger partial charge is 0.472 e. The van der Waals surface area contributed by atoms with Crippen LogP contribution in [0.5, 0.6) is 0 Å². The number of carbonyl (C=O) groups is 3. The van der Waals surface area contributed by atoms with Gasteiger partial charge < -0.3 is 34.2 Å². The number of ether oxygens (including phenoxy) is 3. The molecule has 5 unspecified atom stereocenters. The Morgan fingerprint density at radius 3 is 0.780 bits per heavy atom. The van der Waals surface area contributed by atoms with Gasteiger partial charge in [0.1, 0.15) is 25.4 Å². The standard InChI is InChI=1S/C91H158O16P2/c1-4-7-10-13-16-19-22-24-26-28-30-32-34-36-38-40-41-42-43-45-47-48-50-52-54-56-58-60-63-65-68-71-74-77-89(94)101-80-86(92)81-103-108(97,98)104-82-87(93)83-105-109(99,100)106-85-88(107-91(96)79-76-73-70-67-62-21-18-15-12-9-6-3)84-102-90(95)78-75-72-69-66-64-61-59-57-55-53-51-49-46-44-39-37-35-33-31-29-27-25-23-20-17-14-11-8-5-2/h7-8,10-11,15-20,24-27,30-33,36-39,86-88,92-93H,4-6,9,12-14,21-23,28-29,34-35,40-85H2,1-3H3,(H,97,98)(H,99,100)/b10-7-,11-8-,18-15-,19-16-,20-17-,26-24-,27-25-,32-30-,33-31-,38-36-,39-37-. The fourth-order valence-electron chi connectivity index (χ4n) is 11.8. The molecule has 0 amide bonds. The first kappa shape index (κ1) is 105. The van der Waals surface area contributed by atoms with Crippen LogP contribution >= 0.6 is 15.6 Å². The highest BCUT2D eigenvalue weighted by Crippen LogP contribution is 2.45. The molecular formula is C91H158O16P2. The van der Waals surface area contributed by atoms with Crippen molar-refractivity contribution >= 4 is 33.6 Å².